The van der Waals surface area contributed by atoms with E-state index in [0.717, 1.165) is 18.4 Å². The van der Waals surface area contributed by atoms with Gasteiger partial charge in [0.05, 0.1) is 6.61 Å². The molecule has 98 valence electrons. The number of carbonyl (C=O) groups is 1. The first-order chi connectivity index (χ1) is 8.63. The first-order valence-corrected chi connectivity index (χ1v) is 5.96. The molecule has 2 N–H and O–H groups in total. The zero-order valence-corrected chi connectivity index (χ0v) is 10.6. The number of hydrogen-bond acceptors (Lipinski definition) is 3. The van der Waals surface area contributed by atoms with Crippen molar-refractivity contribution in [3.05, 3.63) is 36.4 Å². The number of phenols is 1. The van der Waals surface area contributed by atoms with Crippen LogP contribution in [0.1, 0.15) is 18.4 Å². The van der Waals surface area contributed by atoms with Crippen LogP contribution in [0.4, 0.5) is 0 Å². The molecule has 0 unspecified atom stereocenters. The molecule has 0 aliphatic rings. The largest absolute Gasteiger partial charge is 0.504 e. The second-order valence-electron chi connectivity index (χ2n) is 4.02. The lowest BCUT2D eigenvalue weighted by molar-refractivity contribution is -0.116. The van der Waals surface area contributed by atoms with E-state index in [9.17, 15) is 9.90 Å². The summed E-state index contributed by atoms with van der Waals surface area (Å²) in [6.07, 6.45) is 2.89. The van der Waals surface area contributed by atoms with Gasteiger partial charge in [0, 0.05) is 6.54 Å². The van der Waals surface area contributed by atoms with Crippen molar-refractivity contribution >= 4 is 5.91 Å². The summed E-state index contributed by atoms with van der Waals surface area (Å²) in [5.74, 6) is 0.498. The number of rotatable bonds is 7. The van der Waals surface area contributed by atoms with Crippen molar-refractivity contribution in [1.82, 2.24) is 5.32 Å². The minimum Gasteiger partial charge on any atom is -0.504 e. The van der Waals surface area contributed by atoms with Crippen LogP contribution < -0.4 is 10.1 Å². The quantitative estimate of drug-likeness (QED) is 0.575. The zero-order valence-electron chi connectivity index (χ0n) is 10.6. The maximum absolute atomic E-state index is 10.9. The fourth-order valence-electron chi connectivity index (χ4n) is 1.43. The average Bonchev–Trinajstić information content (AvgIpc) is 2.37. The SMILES string of the molecule is C=CC(=O)NCCCCOc1cc(C)ccc1O. The van der Waals surface area contributed by atoms with Crippen molar-refractivity contribution in [2.24, 2.45) is 0 Å². The standard InChI is InChI=1S/C14H19NO3/c1-3-14(17)15-8-4-5-9-18-13-10-11(2)6-7-12(13)16/h3,6-7,10,16H,1,4-5,8-9H2,2H3,(H,15,17). The molecule has 0 spiro atoms. The Balaban J connectivity index is 2.19. The number of unbranched alkanes of at least 4 members (excludes halogenated alkanes) is 1. The molecule has 0 fully saturated rings. The summed E-state index contributed by atoms with van der Waals surface area (Å²) in [4.78, 5) is 10.9. The van der Waals surface area contributed by atoms with E-state index >= 15 is 0 Å². The Labute approximate surface area is 107 Å². The molecule has 0 bridgehead atoms. The molecule has 1 aromatic rings. The van der Waals surface area contributed by atoms with Gasteiger partial charge in [-0.25, -0.2) is 0 Å². The summed E-state index contributed by atoms with van der Waals surface area (Å²) in [6, 6.07) is 5.25. The lowest BCUT2D eigenvalue weighted by Crippen LogP contribution is -2.22. The molecule has 0 atom stereocenters. The van der Waals surface area contributed by atoms with E-state index in [1.807, 2.05) is 13.0 Å². The van der Waals surface area contributed by atoms with Crippen LogP contribution in [0.3, 0.4) is 0 Å². The highest BCUT2D eigenvalue weighted by molar-refractivity contribution is 5.86. The molecular formula is C14H19NO3. The summed E-state index contributed by atoms with van der Waals surface area (Å²) in [5, 5.41) is 12.2. The highest BCUT2D eigenvalue weighted by Crippen LogP contribution is 2.26. The van der Waals surface area contributed by atoms with Crippen LogP contribution in [0, 0.1) is 6.92 Å². The number of carbonyl (C=O) groups excluding carboxylic acids is 1. The predicted octanol–water partition coefficient (Wildman–Crippen LogP) is 2.16. The van der Waals surface area contributed by atoms with Gasteiger partial charge in [0.25, 0.3) is 0 Å². The van der Waals surface area contributed by atoms with Crippen LogP contribution in [-0.2, 0) is 4.79 Å². The predicted molar refractivity (Wildman–Crippen MR) is 70.8 cm³/mol. The van der Waals surface area contributed by atoms with Gasteiger partial charge in [-0.05, 0) is 43.5 Å². The Morgan fingerprint density at radius 3 is 3.00 bits per heavy atom. The minimum absolute atomic E-state index is 0.153. The molecule has 0 saturated carbocycles. The molecule has 4 heteroatoms. The maximum Gasteiger partial charge on any atom is 0.243 e. The summed E-state index contributed by atoms with van der Waals surface area (Å²) in [5.41, 5.74) is 1.04. The Kier molecular flexibility index (Phi) is 5.77. The number of amides is 1. The first-order valence-electron chi connectivity index (χ1n) is 5.96. The van der Waals surface area contributed by atoms with Crippen molar-refractivity contribution < 1.29 is 14.6 Å². The van der Waals surface area contributed by atoms with Gasteiger partial charge < -0.3 is 15.2 Å². The average molecular weight is 249 g/mol. The molecule has 1 amide bonds. The Morgan fingerprint density at radius 1 is 1.50 bits per heavy atom. The van der Waals surface area contributed by atoms with E-state index in [2.05, 4.69) is 11.9 Å². The number of benzene rings is 1. The molecule has 0 saturated heterocycles. The first kappa shape index (κ1) is 14.1. The van der Waals surface area contributed by atoms with Crippen LogP contribution in [0.5, 0.6) is 11.5 Å². The van der Waals surface area contributed by atoms with Gasteiger partial charge in [-0.15, -0.1) is 0 Å². The molecule has 4 nitrogen and oxygen atoms in total. The second kappa shape index (κ2) is 7.37. The second-order valence-corrected chi connectivity index (χ2v) is 4.02. The lowest BCUT2D eigenvalue weighted by Gasteiger charge is -2.08. The van der Waals surface area contributed by atoms with E-state index in [1.165, 1.54) is 6.08 Å². The van der Waals surface area contributed by atoms with E-state index in [-0.39, 0.29) is 11.7 Å². The Hall–Kier alpha value is -1.97. The lowest BCUT2D eigenvalue weighted by atomic mass is 10.2. The third kappa shape index (κ3) is 4.91. The van der Waals surface area contributed by atoms with Crippen LogP contribution in [0.15, 0.2) is 30.9 Å². The summed E-state index contributed by atoms with van der Waals surface area (Å²) < 4.78 is 5.47. The van der Waals surface area contributed by atoms with Gasteiger partial charge in [0.1, 0.15) is 0 Å². The monoisotopic (exact) mass is 249 g/mol. The smallest absolute Gasteiger partial charge is 0.243 e. The number of ether oxygens (including phenoxy) is 1. The third-order valence-electron chi connectivity index (χ3n) is 2.43. The van der Waals surface area contributed by atoms with Gasteiger partial charge in [0.2, 0.25) is 5.91 Å². The summed E-state index contributed by atoms with van der Waals surface area (Å²) in [6.45, 7) is 6.43. The zero-order chi connectivity index (χ0) is 13.4. The van der Waals surface area contributed by atoms with Crippen LogP contribution in [0.25, 0.3) is 0 Å². The number of hydrogen-bond donors (Lipinski definition) is 2. The highest BCUT2D eigenvalue weighted by Gasteiger charge is 2.01. The maximum atomic E-state index is 10.9. The molecule has 0 radical (unpaired) electrons. The van der Waals surface area contributed by atoms with Crippen molar-refractivity contribution in [3.63, 3.8) is 0 Å². The number of aromatic hydroxyl groups is 1. The Bertz CT molecular complexity index is 416. The van der Waals surface area contributed by atoms with Crippen molar-refractivity contribution in [2.45, 2.75) is 19.8 Å². The topological polar surface area (TPSA) is 58.6 Å². The van der Waals surface area contributed by atoms with Crippen molar-refractivity contribution in [3.8, 4) is 11.5 Å². The fourth-order valence-corrected chi connectivity index (χ4v) is 1.43. The van der Waals surface area contributed by atoms with E-state index < -0.39 is 0 Å². The summed E-state index contributed by atoms with van der Waals surface area (Å²) >= 11 is 0. The molecule has 0 aliphatic heterocycles. The third-order valence-corrected chi connectivity index (χ3v) is 2.43. The molecule has 0 aliphatic carbocycles. The Morgan fingerprint density at radius 2 is 2.28 bits per heavy atom. The van der Waals surface area contributed by atoms with Crippen molar-refractivity contribution in [1.29, 1.82) is 0 Å². The van der Waals surface area contributed by atoms with Crippen molar-refractivity contribution in [2.75, 3.05) is 13.2 Å². The molecule has 1 rings (SSSR count). The molecule has 0 heterocycles. The van der Waals surface area contributed by atoms with Gasteiger partial charge in [-0.1, -0.05) is 12.6 Å². The molecule has 0 aromatic heterocycles. The number of nitrogens with one attached hydrogen (secondary N) is 1. The number of phenolic OH excluding ortho intramolecular Hbond substituents is 1. The normalized spacial score (nSPS) is 9.83. The van der Waals surface area contributed by atoms with Gasteiger partial charge >= 0.3 is 0 Å². The van der Waals surface area contributed by atoms with Gasteiger partial charge in [0.15, 0.2) is 11.5 Å². The number of aryl methyl sites for hydroxylation is 1. The van der Waals surface area contributed by atoms with E-state index in [4.69, 9.17) is 4.74 Å². The van der Waals surface area contributed by atoms with Gasteiger partial charge in [-0.2, -0.15) is 0 Å². The van der Waals surface area contributed by atoms with Crippen LogP contribution >= 0.6 is 0 Å². The van der Waals surface area contributed by atoms with Gasteiger partial charge in [-0.3, -0.25) is 4.79 Å². The molecular weight excluding hydrogens is 230 g/mol. The molecule has 18 heavy (non-hydrogen) atoms. The highest BCUT2D eigenvalue weighted by atomic mass is 16.5. The van der Waals surface area contributed by atoms with Crippen LogP contribution in [0.2, 0.25) is 0 Å². The minimum atomic E-state index is -0.160. The summed E-state index contributed by atoms with van der Waals surface area (Å²) in [7, 11) is 0. The van der Waals surface area contributed by atoms with E-state index in [0.29, 0.717) is 18.9 Å². The van der Waals surface area contributed by atoms with E-state index in [1.54, 1.807) is 12.1 Å². The fraction of sp³-hybridized carbons (Fsp3) is 0.357. The van der Waals surface area contributed by atoms with Crippen LogP contribution in [-0.4, -0.2) is 24.2 Å². The molecule has 1 aromatic carbocycles.